The molecule has 96 valence electrons. The van der Waals surface area contributed by atoms with Gasteiger partial charge in [-0.3, -0.25) is 0 Å². The summed E-state index contributed by atoms with van der Waals surface area (Å²) in [6.45, 7) is 4.45. The third-order valence-corrected chi connectivity index (χ3v) is 3.45. The van der Waals surface area contributed by atoms with E-state index in [9.17, 15) is 0 Å². The van der Waals surface area contributed by atoms with Crippen molar-refractivity contribution in [3.8, 4) is 0 Å². The van der Waals surface area contributed by atoms with Gasteiger partial charge in [0, 0.05) is 5.56 Å². The number of anilines is 2. The second-order valence-electron chi connectivity index (χ2n) is 3.62. The number of hydrogen-bond acceptors (Lipinski definition) is 7. The molecule has 6 nitrogen and oxygen atoms in total. The number of nitrogen functional groups attached to an aromatic ring is 1. The molecule has 18 heavy (non-hydrogen) atoms. The van der Waals surface area contributed by atoms with E-state index in [1.807, 2.05) is 13.8 Å². The van der Waals surface area contributed by atoms with Crippen molar-refractivity contribution in [1.29, 1.82) is 0 Å². The monoisotopic (exact) mass is 284 g/mol. The van der Waals surface area contributed by atoms with Gasteiger partial charge in [-0.1, -0.05) is 29.9 Å². The van der Waals surface area contributed by atoms with Gasteiger partial charge in [0.25, 0.3) is 0 Å². The molecule has 2 heterocycles. The summed E-state index contributed by atoms with van der Waals surface area (Å²) in [6.07, 6.45) is 0.733. The highest BCUT2D eigenvalue weighted by atomic mass is 35.5. The minimum atomic E-state index is 0.160. The number of nitrogens with two attached hydrogens (primary N) is 1. The third-order valence-electron chi connectivity index (χ3n) is 2.30. The van der Waals surface area contributed by atoms with Crippen LogP contribution >= 0.6 is 22.9 Å². The van der Waals surface area contributed by atoms with Gasteiger partial charge in [-0.05, 0) is 13.3 Å². The first-order valence-corrected chi connectivity index (χ1v) is 6.64. The molecule has 0 aliphatic heterocycles. The molecule has 3 N–H and O–H groups in total. The number of aryl methyl sites for hydroxylation is 1. The van der Waals surface area contributed by atoms with Crippen LogP contribution in [0.1, 0.15) is 22.5 Å². The first-order chi connectivity index (χ1) is 8.60. The lowest BCUT2D eigenvalue weighted by Crippen LogP contribution is -2.08. The molecule has 0 aliphatic carbocycles. The summed E-state index contributed by atoms with van der Waals surface area (Å²) in [5.74, 6) is 0.816. The maximum absolute atomic E-state index is 6.02. The number of nitrogens with zero attached hydrogens (tertiary/aromatic N) is 4. The number of nitrogens with one attached hydrogen (secondary N) is 1. The van der Waals surface area contributed by atoms with Crippen molar-refractivity contribution in [3.63, 3.8) is 0 Å². The zero-order valence-electron chi connectivity index (χ0n) is 10.1. The predicted molar refractivity (Wildman–Crippen MR) is 72.8 cm³/mol. The molecule has 0 atom stereocenters. The van der Waals surface area contributed by atoms with Crippen molar-refractivity contribution >= 4 is 34.7 Å². The minimum absolute atomic E-state index is 0.160. The molecule has 0 radical (unpaired) electrons. The number of halogens is 1. The summed E-state index contributed by atoms with van der Waals surface area (Å²) in [5, 5.41) is 13.4. The lowest BCUT2D eigenvalue weighted by Gasteiger charge is -2.10. The average Bonchev–Trinajstić information content (AvgIpc) is 2.72. The van der Waals surface area contributed by atoms with E-state index in [-0.39, 0.29) is 5.95 Å². The van der Waals surface area contributed by atoms with Crippen LogP contribution < -0.4 is 11.1 Å². The fourth-order valence-electron chi connectivity index (χ4n) is 1.50. The Kier molecular flexibility index (Phi) is 3.93. The third kappa shape index (κ3) is 2.85. The highest BCUT2D eigenvalue weighted by Gasteiger charge is 2.11. The zero-order valence-corrected chi connectivity index (χ0v) is 11.6. The highest BCUT2D eigenvalue weighted by molar-refractivity contribution is 7.11. The molecule has 0 aliphatic rings. The Bertz CT molecular complexity index is 555. The molecule has 8 heteroatoms. The van der Waals surface area contributed by atoms with Crippen molar-refractivity contribution < 1.29 is 0 Å². The topological polar surface area (TPSA) is 89.6 Å². The fourth-order valence-corrected chi connectivity index (χ4v) is 2.46. The lowest BCUT2D eigenvalue weighted by molar-refractivity contribution is 0.955. The first kappa shape index (κ1) is 13.0. The summed E-state index contributed by atoms with van der Waals surface area (Å²) in [7, 11) is 0. The van der Waals surface area contributed by atoms with Crippen LogP contribution in [-0.2, 0) is 13.0 Å². The van der Waals surface area contributed by atoms with E-state index < -0.39 is 0 Å². The molecule has 0 amide bonds. The largest absolute Gasteiger partial charge is 0.368 e. The van der Waals surface area contributed by atoms with Gasteiger partial charge < -0.3 is 11.1 Å². The predicted octanol–water partition coefficient (Wildman–Crippen LogP) is 2.05. The van der Waals surface area contributed by atoms with Crippen molar-refractivity contribution in [1.82, 2.24) is 20.2 Å². The molecule has 0 unspecified atom stereocenters. The zero-order chi connectivity index (χ0) is 13.1. The van der Waals surface area contributed by atoms with Crippen LogP contribution in [0.25, 0.3) is 0 Å². The molecule has 0 fully saturated rings. The number of hydrogen-bond donors (Lipinski definition) is 2. The van der Waals surface area contributed by atoms with Gasteiger partial charge in [-0.15, -0.1) is 10.2 Å². The Balaban J connectivity index is 2.18. The summed E-state index contributed by atoms with van der Waals surface area (Å²) >= 11 is 7.56. The maximum atomic E-state index is 6.02. The fraction of sp³-hybridized carbons (Fsp3) is 0.400. The van der Waals surface area contributed by atoms with Crippen LogP contribution in [0.2, 0.25) is 5.15 Å². The van der Waals surface area contributed by atoms with E-state index in [1.165, 1.54) is 11.3 Å². The second kappa shape index (κ2) is 5.45. The van der Waals surface area contributed by atoms with Gasteiger partial charge in [0.1, 0.15) is 21.0 Å². The summed E-state index contributed by atoms with van der Waals surface area (Å²) < 4.78 is 0. The van der Waals surface area contributed by atoms with Crippen molar-refractivity contribution in [2.75, 3.05) is 11.1 Å². The standard InChI is InChI=1S/C10H13ClN6S/c1-3-6-8(11)14-10(12)15-9(6)13-4-7-17-16-5(2)18-7/h3-4H2,1-2H3,(H3,12,13,14,15). The Morgan fingerprint density at radius 1 is 1.33 bits per heavy atom. The van der Waals surface area contributed by atoms with Crippen molar-refractivity contribution in [3.05, 3.63) is 20.7 Å². The normalized spacial score (nSPS) is 10.6. The van der Waals surface area contributed by atoms with Crippen LogP contribution in [0.5, 0.6) is 0 Å². The van der Waals surface area contributed by atoms with Gasteiger partial charge in [-0.25, -0.2) is 4.98 Å². The van der Waals surface area contributed by atoms with E-state index in [0.29, 0.717) is 17.5 Å². The van der Waals surface area contributed by atoms with Crippen LogP contribution in [0.15, 0.2) is 0 Å². The van der Waals surface area contributed by atoms with E-state index in [1.54, 1.807) is 0 Å². The van der Waals surface area contributed by atoms with Crippen LogP contribution in [0, 0.1) is 6.92 Å². The SMILES string of the molecule is CCc1c(Cl)nc(N)nc1NCc1nnc(C)s1. The molecule has 2 aromatic rings. The molecule has 0 spiro atoms. The maximum Gasteiger partial charge on any atom is 0.223 e. The van der Waals surface area contributed by atoms with E-state index in [2.05, 4.69) is 25.5 Å². The smallest absolute Gasteiger partial charge is 0.223 e. The average molecular weight is 285 g/mol. The van der Waals surface area contributed by atoms with Gasteiger partial charge in [0.15, 0.2) is 0 Å². The molecule has 2 rings (SSSR count). The molecule has 0 saturated heterocycles. The quantitative estimate of drug-likeness (QED) is 0.835. The van der Waals surface area contributed by atoms with Gasteiger partial charge in [-0.2, -0.15) is 4.98 Å². The first-order valence-electron chi connectivity index (χ1n) is 5.45. The lowest BCUT2D eigenvalue weighted by atomic mass is 10.2. The Morgan fingerprint density at radius 2 is 2.11 bits per heavy atom. The van der Waals surface area contributed by atoms with E-state index >= 15 is 0 Å². The number of aromatic nitrogens is 4. The van der Waals surface area contributed by atoms with Crippen LogP contribution in [-0.4, -0.2) is 20.2 Å². The van der Waals surface area contributed by atoms with E-state index in [0.717, 1.165) is 22.0 Å². The summed E-state index contributed by atoms with van der Waals surface area (Å²) in [5.41, 5.74) is 6.44. The Hall–Kier alpha value is -1.47. The molecular weight excluding hydrogens is 272 g/mol. The second-order valence-corrected chi connectivity index (χ2v) is 5.25. The van der Waals surface area contributed by atoms with Crippen molar-refractivity contribution in [2.24, 2.45) is 0 Å². The number of rotatable bonds is 4. The molecular formula is C10H13ClN6S. The van der Waals surface area contributed by atoms with Crippen LogP contribution in [0.3, 0.4) is 0 Å². The van der Waals surface area contributed by atoms with Crippen molar-refractivity contribution in [2.45, 2.75) is 26.8 Å². The highest BCUT2D eigenvalue weighted by Crippen LogP contribution is 2.23. The Morgan fingerprint density at radius 3 is 2.72 bits per heavy atom. The minimum Gasteiger partial charge on any atom is -0.368 e. The summed E-state index contributed by atoms with van der Waals surface area (Å²) in [4.78, 5) is 8.09. The molecule has 0 bridgehead atoms. The molecule has 2 aromatic heterocycles. The van der Waals surface area contributed by atoms with Crippen LogP contribution in [0.4, 0.5) is 11.8 Å². The van der Waals surface area contributed by atoms with Gasteiger partial charge in [0.2, 0.25) is 5.95 Å². The molecule has 0 aromatic carbocycles. The molecule has 0 saturated carbocycles. The summed E-state index contributed by atoms with van der Waals surface area (Å²) in [6, 6.07) is 0. The van der Waals surface area contributed by atoms with Gasteiger partial charge >= 0.3 is 0 Å². The Labute approximate surface area is 114 Å². The van der Waals surface area contributed by atoms with Gasteiger partial charge in [0.05, 0.1) is 6.54 Å². The van der Waals surface area contributed by atoms with E-state index in [4.69, 9.17) is 17.3 Å².